The van der Waals surface area contributed by atoms with Gasteiger partial charge in [-0.3, -0.25) is 0 Å². The van der Waals surface area contributed by atoms with Crippen molar-refractivity contribution in [1.82, 2.24) is 15.3 Å². The van der Waals surface area contributed by atoms with Crippen LogP contribution in [0.1, 0.15) is 30.8 Å². The first-order valence-electron chi connectivity index (χ1n) is 6.33. The van der Waals surface area contributed by atoms with E-state index in [9.17, 15) is 4.39 Å². The normalized spacial score (nSPS) is 12.6. The van der Waals surface area contributed by atoms with E-state index in [1.54, 1.807) is 12.3 Å². The second kappa shape index (κ2) is 6.68. The van der Waals surface area contributed by atoms with Crippen molar-refractivity contribution in [3.63, 3.8) is 0 Å². The van der Waals surface area contributed by atoms with E-state index in [1.807, 2.05) is 19.2 Å². The first-order chi connectivity index (χ1) is 9.16. The molecule has 1 atom stereocenters. The van der Waals surface area contributed by atoms with Crippen molar-refractivity contribution in [2.24, 2.45) is 0 Å². The van der Waals surface area contributed by atoms with Crippen LogP contribution in [0.3, 0.4) is 0 Å². The number of nitrogens with zero attached hydrogens (tertiary/aromatic N) is 1. The zero-order valence-electron chi connectivity index (χ0n) is 10.8. The van der Waals surface area contributed by atoms with E-state index in [0.29, 0.717) is 0 Å². The van der Waals surface area contributed by atoms with Gasteiger partial charge in [-0.25, -0.2) is 9.37 Å². The molecular formula is C14H17ClFN3. The van der Waals surface area contributed by atoms with E-state index >= 15 is 0 Å². The second-order valence-electron chi connectivity index (χ2n) is 4.49. The zero-order chi connectivity index (χ0) is 13.7. The lowest BCUT2D eigenvalue weighted by atomic mass is 10.1. The van der Waals surface area contributed by atoms with Crippen molar-refractivity contribution in [2.45, 2.75) is 25.8 Å². The van der Waals surface area contributed by atoms with E-state index in [2.05, 4.69) is 15.3 Å². The lowest BCUT2D eigenvalue weighted by molar-refractivity contribution is 0.549. The van der Waals surface area contributed by atoms with E-state index in [4.69, 9.17) is 11.6 Å². The number of aryl methyl sites for hydroxylation is 1. The lowest BCUT2D eigenvalue weighted by Gasteiger charge is -2.14. The highest BCUT2D eigenvalue weighted by atomic mass is 35.5. The van der Waals surface area contributed by atoms with Crippen molar-refractivity contribution in [3.05, 3.63) is 52.8 Å². The van der Waals surface area contributed by atoms with Crippen LogP contribution in [0.5, 0.6) is 0 Å². The molecule has 5 heteroatoms. The third-order valence-corrected chi connectivity index (χ3v) is 3.35. The SMILES string of the molecule is CC(NCCCc1ncc[nH]1)c1ccc(Cl)c(F)c1. The van der Waals surface area contributed by atoms with Crippen LogP contribution < -0.4 is 5.32 Å². The van der Waals surface area contributed by atoms with Gasteiger partial charge >= 0.3 is 0 Å². The van der Waals surface area contributed by atoms with Crippen LogP contribution in [0, 0.1) is 5.82 Å². The molecule has 0 bridgehead atoms. The van der Waals surface area contributed by atoms with Crippen molar-refractivity contribution in [1.29, 1.82) is 0 Å². The third-order valence-electron chi connectivity index (χ3n) is 3.04. The average molecular weight is 282 g/mol. The molecule has 2 N–H and O–H groups in total. The van der Waals surface area contributed by atoms with Gasteiger partial charge in [0.1, 0.15) is 11.6 Å². The molecule has 2 aromatic rings. The molecule has 0 saturated carbocycles. The average Bonchev–Trinajstić information content (AvgIpc) is 2.91. The van der Waals surface area contributed by atoms with Crippen molar-refractivity contribution >= 4 is 11.6 Å². The number of aromatic nitrogens is 2. The van der Waals surface area contributed by atoms with Gasteiger partial charge in [0, 0.05) is 24.9 Å². The quantitative estimate of drug-likeness (QED) is 0.796. The monoisotopic (exact) mass is 281 g/mol. The summed E-state index contributed by atoms with van der Waals surface area (Å²) in [6.45, 7) is 2.86. The summed E-state index contributed by atoms with van der Waals surface area (Å²) in [5, 5.41) is 3.52. The first kappa shape index (κ1) is 14.0. The molecule has 1 unspecified atom stereocenters. The molecule has 1 aromatic heterocycles. The number of halogens is 2. The number of nitrogens with one attached hydrogen (secondary N) is 2. The van der Waals surface area contributed by atoms with Gasteiger partial charge in [0.25, 0.3) is 0 Å². The summed E-state index contributed by atoms with van der Waals surface area (Å²) < 4.78 is 13.3. The Hall–Kier alpha value is -1.39. The largest absolute Gasteiger partial charge is 0.349 e. The highest BCUT2D eigenvalue weighted by molar-refractivity contribution is 6.30. The van der Waals surface area contributed by atoms with Gasteiger partial charge in [-0.15, -0.1) is 0 Å². The number of imidazole rings is 1. The Labute approximate surface area is 117 Å². The molecule has 19 heavy (non-hydrogen) atoms. The number of rotatable bonds is 6. The van der Waals surface area contributed by atoms with Gasteiger partial charge in [0.15, 0.2) is 0 Å². The summed E-state index contributed by atoms with van der Waals surface area (Å²) in [5.41, 5.74) is 0.903. The molecule has 1 aromatic carbocycles. The molecule has 0 saturated heterocycles. The number of aromatic amines is 1. The number of hydrogen-bond acceptors (Lipinski definition) is 2. The standard InChI is InChI=1S/C14H17ClFN3/c1-10(11-4-5-12(15)13(16)9-11)17-6-2-3-14-18-7-8-19-14/h4-5,7-10,17H,2-3,6H2,1H3,(H,18,19). The van der Waals surface area contributed by atoms with E-state index < -0.39 is 0 Å². The smallest absolute Gasteiger partial charge is 0.142 e. The molecular weight excluding hydrogens is 265 g/mol. The van der Waals surface area contributed by atoms with Crippen LogP contribution in [0.15, 0.2) is 30.6 Å². The summed E-state index contributed by atoms with van der Waals surface area (Å²) in [7, 11) is 0. The first-order valence-corrected chi connectivity index (χ1v) is 6.71. The Balaban J connectivity index is 1.77. The van der Waals surface area contributed by atoms with Gasteiger partial charge in [-0.2, -0.15) is 0 Å². The molecule has 0 radical (unpaired) electrons. The Bertz CT molecular complexity index is 513. The van der Waals surface area contributed by atoms with Crippen LogP contribution in [0.25, 0.3) is 0 Å². The molecule has 2 rings (SSSR count). The van der Waals surface area contributed by atoms with Crippen LogP contribution in [-0.2, 0) is 6.42 Å². The Morgan fingerprint density at radius 3 is 3.00 bits per heavy atom. The Morgan fingerprint density at radius 1 is 1.47 bits per heavy atom. The number of hydrogen-bond donors (Lipinski definition) is 2. The van der Waals surface area contributed by atoms with E-state index in [0.717, 1.165) is 30.8 Å². The van der Waals surface area contributed by atoms with E-state index in [-0.39, 0.29) is 16.9 Å². The third kappa shape index (κ3) is 4.04. The minimum atomic E-state index is -0.372. The number of benzene rings is 1. The van der Waals surface area contributed by atoms with Gasteiger partial charge in [-0.05, 0) is 37.6 Å². The molecule has 3 nitrogen and oxygen atoms in total. The minimum Gasteiger partial charge on any atom is -0.349 e. The second-order valence-corrected chi connectivity index (χ2v) is 4.90. The predicted octanol–water partition coefficient (Wildman–Crippen LogP) is 3.49. The van der Waals surface area contributed by atoms with Gasteiger partial charge in [-0.1, -0.05) is 17.7 Å². The van der Waals surface area contributed by atoms with E-state index in [1.165, 1.54) is 6.07 Å². The molecule has 0 aliphatic heterocycles. The summed E-state index contributed by atoms with van der Waals surface area (Å²) in [4.78, 5) is 7.23. The van der Waals surface area contributed by atoms with Crippen LogP contribution in [0.4, 0.5) is 4.39 Å². The summed E-state index contributed by atoms with van der Waals surface area (Å²) in [5.74, 6) is 0.621. The molecule has 0 aliphatic carbocycles. The topological polar surface area (TPSA) is 40.7 Å². The van der Waals surface area contributed by atoms with Gasteiger partial charge < -0.3 is 10.3 Å². The fourth-order valence-electron chi connectivity index (χ4n) is 1.91. The molecule has 0 fully saturated rings. The maximum absolute atomic E-state index is 13.3. The van der Waals surface area contributed by atoms with Crippen LogP contribution >= 0.6 is 11.6 Å². The Morgan fingerprint density at radius 2 is 2.32 bits per heavy atom. The molecule has 102 valence electrons. The predicted molar refractivity (Wildman–Crippen MR) is 74.7 cm³/mol. The maximum atomic E-state index is 13.3. The Kier molecular flexibility index (Phi) is 4.93. The van der Waals surface area contributed by atoms with Crippen molar-refractivity contribution < 1.29 is 4.39 Å². The molecule has 1 heterocycles. The summed E-state index contributed by atoms with van der Waals surface area (Å²) in [6.07, 6.45) is 5.46. The molecule has 0 spiro atoms. The zero-order valence-corrected chi connectivity index (χ0v) is 11.5. The lowest BCUT2D eigenvalue weighted by Crippen LogP contribution is -2.20. The molecule has 0 amide bonds. The molecule has 0 aliphatic rings. The van der Waals surface area contributed by atoms with Crippen molar-refractivity contribution in [3.8, 4) is 0 Å². The van der Waals surface area contributed by atoms with Gasteiger partial charge in [0.2, 0.25) is 0 Å². The fourth-order valence-corrected chi connectivity index (χ4v) is 2.03. The summed E-state index contributed by atoms with van der Waals surface area (Å²) >= 11 is 5.66. The van der Waals surface area contributed by atoms with Gasteiger partial charge in [0.05, 0.1) is 5.02 Å². The minimum absolute atomic E-state index is 0.100. The number of H-pyrrole nitrogens is 1. The van der Waals surface area contributed by atoms with Crippen molar-refractivity contribution in [2.75, 3.05) is 6.54 Å². The summed E-state index contributed by atoms with van der Waals surface area (Å²) in [6, 6.07) is 5.01. The van der Waals surface area contributed by atoms with Crippen LogP contribution in [-0.4, -0.2) is 16.5 Å². The maximum Gasteiger partial charge on any atom is 0.142 e. The van der Waals surface area contributed by atoms with Crippen LogP contribution in [0.2, 0.25) is 5.02 Å². The highest BCUT2D eigenvalue weighted by Crippen LogP contribution is 2.19. The highest BCUT2D eigenvalue weighted by Gasteiger charge is 2.07. The fraction of sp³-hybridized carbons (Fsp3) is 0.357.